The van der Waals surface area contributed by atoms with Crippen molar-refractivity contribution in [1.29, 1.82) is 4.78 Å². The molecule has 0 fully saturated rings. The van der Waals surface area contributed by atoms with Crippen LogP contribution in [0.5, 0.6) is 0 Å². The predicted molar refractivity (Wildman–Crippen MR) is 193 cm³/mol. The van der Waals surface area contributed by atoms with Crippen LogP contribution in [0, 0.1) is 4.78 Å². The summed E-state index contributed by atoms with van der Waals surface area (Å²) >= 11 is 0. The number of rotatable bonds is 4. The maximum atomic E-state index is 12.6. The second-order valence-corrected chi connectivity index (χ2v) is 13.2. The van der Waals surface area contributed by atoms with E-state index in [4.69, 9.17) is 27.8 Å². The minimum atomic E-state index is -3.92. The van der Waals surface area contributed by atoms with Gasteiger partial charge in [0.15, 0.2) is 0 Å². The van der Waals surface area contributed by atoms with E-state index in [0.717, 1.165) is 42.7 Å². The molecule has 2 aliphatic heterocycles. The number of hydrogen-bond donors (Lipinski definition) is 5. The van der Waals surface area contributed by atoms with Crippen LogP contribution >= 0.6 is 0 Å². The first kappa shape index (κ1) is 31.5. The largest absolute Gasteiger partial charge is 0.399 e. The maximum absolute atomic E-state index is 12.6. The number of urea groups is 1. The van der Waals surface area contributed by atoms with Gasteiger partial charge in [0.05, 0.1) is 4.90 Å². The molecule has 0 unspecified atom stereocenters. The summed E-state index contributed by atoms with van der Waals surface area (Å²) in [6.45, 7) is 2.95. The Morgan fingerprint density at radius 1 is 0.792 bits per heavy atom. The van der Waals surface area contributed by atoms with Gasteiger partial charge < -0.3 is 21.3 Å². The van der Waals surface area contributed by atoms with E-state index in [0.29, 0.717) is 37.2 Å². The summed E-state index contributed by atoms with van der Waals surface area (Å²) in [4.78, 5) is 26.6. The Balaban J connectivity index is 0.00000105. The molecular formula is C34H46N6O6S2. The zero-order valence-corrected chi connectivity index (χ0v) is 27.8. The standard InChI is InChI=1S/C24H23N3O4S.C10H14N2.HNO2S.4H2/c28-23(19-7-3-1-4-8-19)25-21-12-11-18-13-15-27(16-14-20(18)17-21)24(29)26-32(30,31)22-9-5-2-6-10-22;11-10-2-1-8-3-5-12-6-4-9(8)7-10;1-4(2)3;;;;/h1-12,17H,13-16H2,(H,25,28)(H,26,29);1-2,7,12H,3-6,11H2;1H;4*1H/i;;;3*1+1D;1+1. The first-order chi connectivity index (χ1) is 26.0. The SMILES string of the molecule is N=S(=O)=O.Nc1ccc2c(c1)CCNCC2.O=C(Nc1ccc2c(c1)CCN(C(=O)NS(=O)(=O)c1ccccc1)CC2)c1ccccc1.[2HH].[2H][2H].[2H][2H].[2H][2H]. The highest BCUT2D eigenvalue weighted by Gasteiger charge is 2.24. The van der Waals surface area contributed by atoms with E-state index in [1.807, 2.05) is 42.5 Å². The van der Waals surface area contributed by atoms with Crippen LogP contribution in [0.15, 0.2) is 102 Å². The molecule has 0 saturated carbocycles. The third kappa shape index (κ3) is 10.8. The Labute approximate surface area is 292 Å². The second kappa shape index (κ2) is 17.2. The number of hydrogen-bond acceptors (Lipinski definition) is 9. The minimum absolute atomic E-state index is 0. The lowest BCUT2D eigenvalue weighted by Gasteiger charge is -2.20. The molecular weight excluding hydrogens is 653 g/mol. The van der Waals surface area contributed by atoms with E-state index in [-0.39, 0.29) is 12.2 Å². The van der Waals surface area contributed by atoms with E-state index in [1.54, 1.807) is 30.3 Å². The molecule has 2 aliphatic rings. The molecule has 0 aliphatic carbocycles. The molecule has 6 N–H and O–H groups in total. The molecule has 12 nitrogen and oxygen atoms in total. The van der Waals surface area contributed by atoms with Crippen molar-refractivity contribution in [2.75, 3.05) is 37.2 Å². The number of benzene rings is 4. The van der Waals surface area contributed by atoms with Gasteiger partial charge in [0.2, 0.25) is 0 Å². The van der Waals surface area contributed by atoms with Crippen LogP contribution in [0.25, 0.3) is 0 Å². The fourth-order valence-electron chi connectivity index (χ4n) is 5.33. The van der Waals surface area contributed by atoms with Crippen LogP contribution in [-0.4, -0.2) is 59.9 Å². The number of nitrogen functional groups attached to an aromatic ring is 1. The van der Waals surface area contributed by atoms with Crippen molar-refractivity contribution in [1.82, 2.24) is 14.9 Å². The lowest BCUT2D eigenvalue weighted by molar-refractivity contribution is 0.102. The van der Waals surface area contributed by atoms with Crippen molar-refractivity contribution >= 4 is 43.8 Å². The normalized spacial score (nSPS) is 14.2. The number of nitrogens with one attached hydrogen (secondary N) is 4. The summed E-state index contributed by atoms with van der Waals surface area (Å²) in [5.41, 5.74) is 12.8. The van der Waals surface area contributed by atoms with Gasteiger partial charge in [-0.1, -0.05) is 48.5 Å². The number of nitrogens with zero attached hydrogens (tertiary/aromatic N) is 1. The van der Waals surface area contributed by atoms with E-state index in [2.05, 4.69) is 27.5 Å². The summed E-state index contributed by atoms with van der Waals surface area (Å²) in [5.74, 6) is -0.189. The smallest absolute Gasteiger partial charge is 0.331 e. The van der Waals surface area contributed by atoms with Gasteiger partial charge in [0.25, 0.3) is 15.9 Å². The molecule has 0 aromatic heterocycles. The molecule has 3 amide bonds. The van der Waals surface area contributed by atoms with Crippen LogP contribution in [0.2, 0.25) is 0 Å². The molecule has 14 heteroatoms. The summed E-state index contributed by atoms with van der Waals surface area (Å²) in [7, 11) is -6.53. The van der Waals surface area contributed by atoms with Crippen molar-refractivity contribution in [2.45, 2.75) is 30.6 Å². The molecule has 0 bridgehead atoms. The Morgan fingerprint density at radius 3 is 2.00 bits per heavy atom. The monoisotopic (exact) mass is 705 g/mol. The lowest BCUT2D eigenvalue weighted by atomic mass is 10.0. The fourth-order valence-corrected chi connectivity index (χ4v) is 6.32. The van der Waals surface area contributed by atoms with E-state index < -0.39 is 26.6 Å². The third-order valence-electron chi connectivity index (χ3n) is 7.74. The van der Waals surface area contributed by atoms with Crippen molar-refractivity contribution in [3.05, 3.63) is 125 Å². The number of carbonyl (C=O) groups excluding carboxylic acids is 2. The molecule has 0 radical (unpaired) electrons. The number of fused-ring (bicyclic) bond motifs is 2. The number of carbonyl (C=O) groups is 2. The highest BCUT2D eigenvalue weighted by Crippen LogP contribution is 2.22. The fraction of sp³-hybridized carbons (Fsp3) is 0.235. The van der Waals surface area contributed by atoms with Gasteiger partial charge in [0, 0.05) is 40.4 Å². The van der Waals surface area contributed by atoms with Crippen LogP contribution in [0.4, 0.5) is 16.2 Å². The van der Waals surface area contributed by atoms with Crippen molar-refractivity contribution < 1.29 is 36.8 Å². The van der Waals surface area contributed by atoms with Gasteiger partial charge in [-0.15, -0.1) is 0 Å². The van der Waals surface area contributed by atoms with Crippen LogP contribution in [0.1, 0.15) is 42.9 Å². The maximum Gasteiger partial charge on any atom is 0.331 e. The van der Waals surface area contributed by atoms with Gasteiger partial charge in [-0.2, -0.15) is 13.2 Å². The van der Waals surface area contributed by atoms with Gasteiger partial charge >= 0.3 is 16.5 Å². The van der Waals surface area contributed by atoms with E-state index in [1.165, 1.54) is 28.2 Å². The topological polar surface area (TPSA) is 192 Å². The van der Waals surface area contributed by atoms with Crippen LogP contribution in [-0.2, 0) is 46.2 Å². The number of nitrogens with two attached hydrogens (primary N) is 1. The van der Waals surface area contributed by atoms with E-state index >= 15 is 0 Å². The summed E-state index contributed by atoms with van der Waals surface area (Å²) in [5, 5.41) is 6.27. The Morgan fingerprint density at radius 2 is 1.33 bits per heavy atom. The lowest BCUT2D eigenvalue weighted by Crippen LogP contribution is -2.43. The molecule has 0 saturated heterocycles. The number of sulfonamides is 1. The quantitative estimate of drug-likeness (QED) is 0.183. The average molecular weight is 706 g/mol. The molecule has 0 spiro atoms. The molecule has 260 valence electrons. The molecule has 4 aromatic carbocycles. The molecule has 48 heavy (non-hydrogen) atoms. The van der Waals surface area contributed by atoms with Crippen molar-refractivity contribution in [3.8, 4) is 0 Å². The summed E-state index contributed by atoms with van der Waals surface area (Å²) in [6.07, 6.45) is 3.40. The first-order valence-electron chi connectivity index (χ1n) is 18.3. The van der Waals surface area contributed by atoms with Gasteiger partial charge in [-0.3, -0.25) is 4.79 Å². The Hall–Kier alpha value is -5.05. The van der Waals surface area contributed by atoms with Crippen LogP contribution < -0.4 is 21.1 Å². The van der Waals surface area contributed by atoms with Gasteiger partial charge in [0.1, 0.15) is 0 Å². The Kier molecular flexibility index (Phi) is 11.3. The predicted octanol–water partition coefficient (Wildman–Crippen LogP) is 5.01. The minimum Gasteiger partial charge on any atom is -0.399 e. The third-order valence-corrected chi connectivity index (χ3v) is 9.07. The highest BCUT2D eigenvalue weighted by atomic mass is 32.2. The van der Waals surface area contributed by atoms with Gasteiger partial charge in [-0.25, -0.2) is 17.9 Å². The zero-order valence-electron chi connectivity index (χ0n) is 32.2. The molecule has 2 heterocycles. The summed E-state index contributed by atoms with van der Waals surface area (Å²) < 4.78 is 79.9. The van der Waals surface area contributed by atoms with Crippen molar-refractivity contribution in [2.24, 2.45) is 0 Å². The highest BCUT2D eigenvalue weighted by molar-refractivity contribution is 7.90. The molecule has 4 aromatic rings. The molecule has 0 atom stereocenters. The number of anilines is 2. The molecule has 6 rings (SSSR count). The average Bonchev–Trinajstić information content (AvgIpc) is 3.56. The first-order valence-corrected chi connectivity index (χ1v) is 17.8. The van der Waals surface area contributed by atoms with Gasteiger partial charge in [-0.05, 0) is 110 Å². The second-order valence-electron chi connectivity index (χ2n) is 11.0. The van der Waals surface area contributed by atoms with Crippen LogP contribution in [0.3, 0.4) is 0 Å². The number of amides is 3. The zero-order chi connectivity index (χ0) is 40.5. The Bertz CT molecular complexity index is 1970. The summed E-state index contributed by atoms with van der Waals surface area (Å²) in [6, 6.07) is 28.1. The van der Waals surface area contributed by atoms with Crippen molar-refractivity contribution in [3.63, 3.8) is 0 Å². The van der Waals surface area contributed by atoms with E-state index in [9.17, 15) is 18.0 Å².